The number of hydrogen-bond donors (Lipinski definition) is 2. The van der Waals surface area contributed by atoms with Crippen LogP contribution in [0.15, 0.2) is 6.07 Å². The van der Waals surface area contributed by atoms with Crippen LogP contribution in [0.4, 0.5) is 19.8 Å². The van der Waals surface area contributed by atoms with Gasteiger partial charge in [-0.2, -0.15) is 4.90 Å². The highest BCUT2D eigenvalue weighted by Crippen LogP contribution is 2.37. The molecule has 0 bridgehead atoms. The van der Waals surface area contributed by atoms with Crippen LogP contribution in [-0.2, 0) is 11.0 Å². The zero-order valence-corrected chi connectivity index (χ0v) is 15.8. The standard InChI is InChI=1S/C14H20ClFN2O5Si/c1-14(2,3)24(4,5)23-7-10-8(15)6-9(16)11(17-10)18(12(19)20)13(21)22/h6H,7H2,1-5H3,(H,19,20)(H,21,22). The highest BCUT2D eigenvalue weighted by molar-refractivity contribution is 6.74. The van der Waals surface area contributed by atoms with E-state index in [1.807, 2.05) is 33.9 Å². The van der Waals surface area contributed by atoms with Crippen molar-refractivity contribution in [2.45, 2.75) is 45.5 Å². The summed E-state index contributed by atoms with van der Waals surface area (Å²) >= 11 is 5.93. The summed E-state index contributed by atoms with van der Waals surface area (Å²) < 4.78 is 19.8. The van der Waals surface area contributed by atoms with Crippen molar-refractivity contribution < 1.29 is 28.6 Å². The Morgan fingerprint density at radius 1 is 1.33 bits per heavy atom. The minimum atomic E-state index is -2.15. The van der Waals surface area contributed by atoms with Crippen LogP contribution in [0.5, 0.6) is 0 Å². The summed E-state index contributed by atoms with van der Waals surface area (Å²) in [5, 5.41) is 17.7. The lowest BCUT2D eigenvalue weighted by atomic mass is 10.2. The molecule has 0 aliphatic carbocycles. The van der Waals surface area contributed by atoms with Gasteiger partial charge in [0.25, 0.3) is 0 Å². The molecular weight excluding hydrogens is 359 g/mol. The van der Waals surface area contributed by atoms with Crippen molar-refractivity contribution in [1.29, 1.82) is 0 Å². The van der Waals surface area contributed by atoms with Gasteiger partial charge in [-0.05, 0) is 24.2 Å². The number of carboxylic acid groups (broad SMARTS) is 2. The summed E-state index contributed by atoms with van der Waals surface area (Å²) in [6, 6.07) is 0.826. The number of imide groups is 1. The van der Waals surface area contributed by atoms with E-state index in [0.29, 0.717) is 0 Å². The van der Waals surface area contributed by atoms with E-state index in [1.54, 1.807) is 0 Å². The third kappa shape index (κ3) is 4.43. The molecule has 10 heteroatoms. The second-order valence-corrected chi connectivity index (χ2v) is 11.9. The van der Waals surface area contributed by atoms with Gasteiger partial charge in [0, 0.05) is 0 Å². The van der Waals surface area contributed by atoms with E-state index in [9.17, 15) is 14.0 Å². The molecule has 134 valence electrons. The van der Waals surface area contributed by atoms with Gasteiger partial charge in [-0.15, -0.1) is 0 Å². The lowest BCUT2D eigenvalue weighted by Gasteiger charge is -2.36. The van der Waals surface area contributed by atoms with Crippen LogP contribution >= 0.6 is 11.6 Å². The molecule has 0 unspecified atom stereocenters. The van der Waals surface area contributed by atoms with Crippen molar-refractivity contribution in [3.8, 4) is 0 Å². The normalized spacial score (nSPS) is 12.1. The Kier molecular flexibility index (Phi) is 5.96. The van der Waals surface area contributed by atoms with Crippen molar-refractivity contribution in [2.75, 3.05) is 4.90 Å². The summed E-state index contributed by atoms with van der Waals surface area (Å²) in [5.41, 5.74) is 0.0744. The third-order valence-electron chi connectivity index (χ3n) is 3.95. The molecule has 24 heavy (non-hydrogen) atoms. The van der Waals surface area contributed by atoms with E-state index >= 15 is 0 Å². The van der Waals surface area contributed by atoms with E-state index in [0.717, 1.165) is 6.07 Å². The smallest absolute Gasteiger partial charge is 0.422 e. The van der Waals surface area contributed by atoms with Crippen molar-refractivity contribution >= 4 is 37.9 Å². The minimum Gasteiger partial charge on any atom is -0.464 e. The van der Waals surface area contributed by atoms with E-state index < -0.39 is 32.1 Å². The van der Waals surface area contributed by atoms with Gasteiger partial charge in [-0.1, -0.05) is 32.4 Å². The van der Waals surface area contributed by atoms with Crippen molar-refractivity contribution in [3.05, 3.63) is 22.6 Å². The van der Waals surface area contributed by atoms with Crippen molar-refractivity contribution in [1.82, 2.24) is 4.98 Å². The van der Waals surface area contributed by atoms with Gasteiger partial charge < -0.3 is 14.6 Å². The maximum atomic E-state index is 13.9. The summed E-state index contributed by atoms with van der Waals surface area (Å²) in [6.07, 6.45) is -3.74. The van der Waals surface area contributed by atoms with Crippen LogP contribution in [0.25, 0.3) is 0 Å². The lowest BCUT2D eigenvalue weighted by Crippen LogP contribution is -2.40. The highest BCUT2D eigenvalue weighted by Gasteiger charge is 2.37. The molecule has 0 radical (unpaired) electrons. The first-order valence-electron chi connectivity index (χ1n) is 7.03. The molecule has 1 aromatic heterocycles. The SMILES string of the molecule is CC(C)(C)[Si](C)(C)OCc1nc(N(C(=O)O)C(=O)O)c(F)cc1Cl. The largest absolute Gasteiger partial charge is 0.464 e. The number of amides is 2. The van der Waals surface area contributed by atoms with Crippen LogP contribution in [0, 0.1) is 5.82 Å². The number of nitrogens with zero attached hydrogens (tertiary/aromatic N) is 2. The summed E-state index contributed by atoms with van der Waals surface area (Å²) in [5.74, 6) is -2.01. The Morgan fingerprint density at radius 2 is 1.83 bits per heavy atom. The second kappa shape index (κ2) is 7.04. The predicted molar refractivity (Wildman–Crippen MR) is 89.7 cm³/mol. The highest BCUT2D eigenvalue weighted by atomic mass is 35.5. The summed E-state index contributed by atoms with van der Waals surface area (Å²) in [7, 11) is -2.15. The third-order valence-corrected chi connectivity index (χ3v) is 8.76. The van der Waals surface area contributed by atoms with Gasteiger partial charge in [0.05, 0.1) is 17.3 Å². The number of carbonyl (C=O) groups is 2. The number of rotatable bonds is 4. The van der Waals surface area contributed by atoms with Crippen molar-refractivity contribution in [2.24, 2.45) is 0 Å². The molecule has 0 aliphatic rings. The first-order valence-corrected chi connectivity index (χ1v) is 10.3. The van der Waals surface area contributed by atoms with Gasteiger partial charge >= 0.3 is 12.2 Å². The minimum absolute atomic E-state index is 0.0642. The summed E-state index contributed by atoms with van der Waals surface area (Å²) in [6.45, 7) is 10.00. The lowest BCUT2D eigenvalue weighted by molar-refractivity contribution is 0.183. The van der Waals surface area contributed by atoms with E-state index in [-0.39, 0.29) is 27.3 Å². The van der Waals surface area contributed by atoms with E-state index in [4.69, 9.17) is 26.2 Å². The molecule has 0 aliphatic heterocycles. The molecule has 1 aromatic rings. The fraction of sp³-hybridized carbons (Fsp3) is 0.500. The maximum absolute atomic E-state index is 13.9. The molecule has 1 heterocycles. The second-order valence-electron chi connectivity index (χ2n) is 6.67. The molecule has 0 saturated carbocycles. The Balaban J connectivity index is 3.21. The number of aromatic nitrogens is 1. The molecular formula is C14H20ClFN2O5Si. The molecule has 0 fully saturated rings. The van der Waals surface area contributed by atoms with Crippen LogP contribution in [-0.4, -0.2) is 35.7 Å². The van der Waals surface area contributed by atoms with Gasteiger partial charge in [0.1, 0.15) is 0 Å². The molecule has 0 atom stereocenters. The van der Waals surface area contributed by atoms with Gasteiger partial charge in [0.15, 0.2) is 20.0 Å². The quantitative estimate of drug-likeness (QED) is 0.745. The molecule has 1 rings (SSSR count). The summed E-state index contributed by atoms with van der Waals surface area (Å²) in [4.78, 5) is 25.6. The number of anilines is 1. The van der Waals surface area contributed by atoms with Crippen LogP contribution in [0.2, 0.25) is 23.2 Å². The average Bonchev–Trinajstić information content (AvgIpc) is 2.38. The molecule has 0 saturated heterocycles. The molecule has 0 spiro atoms. The van der Waals surface area contributed by atoms with E-state index in [1.165, 1.54) is 0 Å². The molecule has 2 amide bonds. The van der Waals surface area contributed by atoms with Crippen LogP contribution in [0.3, 0.4) is 0 Å². The average molecular weight is 379 g/mol. The maximum Gasteiger partial charge on any atom is 0.422 e. The first-order chi connectivity index (χ1) is 10.8. The first kappa shape index (κ1) is 20.3. The zero-order valence-electron chi connectivity index (χ0n) is 14.1. The Labute approximate surface area is 145 Å². The Bertz CT molecular complexity index is 649. The molecule has 0 aromatic carbocycles. The number of hydrogen-bond acceptors (Lipinski definition) is 4. The zero-order chi connectivity index (χ0) is 18.9. The molecule has 7 nitrogen and oxygen atoms in total. The fourth-order valence-electron chi connectivity index (χ4n) is 1.48. The fourth-order valence-corrected chi connectivity index (χ4v) is 2.60. The predicted octanol–water partition coefficient (Wildman–Crippen LogP) is 4.56. The monoisotopic (exact) mass is 378 g/mol. The van der Waals surface area contributed by atoms with Crippen LogP contribution < -0.4 is 4.90 Å². The topological polar surface area (TPSA) is 100.0 Å². The van der Waals surface area contributed by atoms with Gasteiger partial charge in [-0.25, -0.2) is 19.0 Å². The molecule has 2 N–H and O–H groups in total. The number of pyridine rings is 1. The Hall–Kier alpha value is -1.71. The van der Waals surface area contributed by atoms with Crippen molar-refractivity contribution in [3.63, 3.8) is 0 Å². The van der Waals surface area contributed by atoms with E-state index in [2.05, 4.69) is 4.98 Å². The van der Waals surface area contributed by atoms with Crippen LogP contribution in [0.1, 0.15) is 26.5 Å². The van der Waals surface area contributed by atoms with Gasteiger partial charge in [-0.3, -0.25) is 0 Å². The Morgan fingerprint density at radius 3 is 2.25 bits per heavy atom. The number of halogens is 2. The van der Waals surface area contributed by atoms with Gasteiger partial charge in [0.2, 0.25) is 0 Å².